The number of hydrogen-bond donors (Lipinski definition) is 1. The van der Waals surface area contributed by atoms with Crippen molar-refractivity contribution in [2.45, 2.75) is 20.8 Å². The van der Waals surface area contributed by atoms with Gasteiger partial charge < -0.3 is 9.84 Å². The lowest BCUT2D eigenvalue weighted by Crippen LogP contribution is -1.99. The second-order valence-corrected chi connectivity index (χ2v) is 5.96. The lowest BCUT2D eigenvalue weighted by atomic mass is 10.1. The smallest absolute Gasteiger partial charge is 0.261 e. The van der Waals surface area contributed by atoms with Gasteiger partial charge in [0.2, 0.25) is 0 Å². The van der Waals surface area contributed by atoms with Crippen LogP contribution in [0, 0.1) is 20.8 Å². The fourth-order valence-electron chi connectivity index (χ4n) is 2.72. The maximum atomic E-state index is 5.37. The van der Waals surface area contributed by atoms with Crippen LogP contribution in [0.4, 0.5) is 11.4 Å². The van der Waals surface area contributed by atoms with Crippen molar-refractivity contribution in [1.29, 1.82) is 0 Å². The quantitative estimate of drug-likeness (QED) is 0.562. The molecule has 1 aromatic carbocycles. The van der Waals surface area contributed by atoms with E-state index in [1.54, 1.807) is 13.1 Å². The Labute approximate surface area is 157 Å². The minimum Gasteiger partial charge on any atom is -0.354 e. The molecule has 1 N–H and O–H groups in total. The molecule has 0 atom stereocenters. The molecule has 0 spiro atoms. The van der Waals surface area contributed by atoms with E-state index < -0.39 is 0 Å². The van der Waals surface area contributed by atoms with E-state index in [0.29, 0.717) is 17.4 Å². The summed E-state index contributed by atoms with van der Waals surface area (Å²) in [7, 11) is 0. The lowest BCUT2D eigenvalue weighted by Gasteiger charge is -2.14. The first-order chi connectivity index (χ1) is 12.1. The van der Waals surface area contributed by atoms with Crippen LogP contribution in [0.25, 0.3) is 22.5 Å². The van der Waals surface area contributed by atoms with Gasteiger partial charge in [0.15, 0.2) is 11.5 Å². The molecule has 0 amide bonds. The van der Waals surface area contributed by atoms with Crippen LogP contribution in [-0.4, -0.2) is 20.1 Å². The highest BCUT2D eigenvalue weighted by molar-refractivity contribution is 5.98. The molecule has 0 aliphatic carbocycles. The molecule has 0 radical (unpaired) electrons. The molecule has 0 fully saturated rings. The second-order valence-electron chi connectivity index (χ2n) is 5.96. The van der Waals surface area contributed by atoms with Gasteiger partial charge in [-0.25, -0.2) is 9.97 Å². The number of pyridine rings is 2. The molecule has 0 aliphatic heterocycles. The van der Waals surface area contributed by atoms with Crippen LogP contribution in [0.3, 0.4) is 0 Å². The van der Waals surface area contributed by atoms with Crippen molar-refractivity contribution >= 4 is 34.8 Å². The first kappa shape index (κ1) is 17.8. The van der Waals surface area contributed by atoms with Crippen LogP contribution >= 0.6 is 12.4 Å². The molecule has 132 valence electrons. The van der Waals surface area contributed by atoms with Crippen molar-refractivity contribution in [3.8, 4) is 11.5 Å². The number of rotatable bonds is 3. The van der Waals surface area contributed by atoms with E-state index in [9.17, 15) is 0 Å². The lowest BCUT2D eigenvalue weighted by molar-refractivity contribution is 0.425. The molecule has 3 aromatic heterocycles. The summed E-state index contributed by atoms with van der Waals surface area (Å²) in [5.74, 6) is 1.02. The summed E-state index contributed by atoms with van der Waals surface area (Å²) < 4.78 is 5.37. The molecule has 4 aromatic rings. The van der Waals surface area contributed by atoms with Crippen molar-refractivity contribution in [2.75, 3.05) is 5.32 Å². The molecule has 0 saturated heterocycles. The molecule has 0 saturated carbocycles. The Morgan fingerprint density at radius 2 is 1.77 bits per heavy atom. The number of aryl methyl sites for hydroxylation is 3. The maximum absolute atomic E-state index is 5.37. The maximum Gasteiger partial charge on any atom is 0.261 e. The number of halogens is 1. The SMILES string of the molecule is Cc1ccc2c(Nc3ccccc3C)c(-c3nc(C)no3)cnc2n1.Cl. The molecule has 0 bridgehead atoms. The fraction of sp³-hybridized carbons (Fsp3) is 0.158. The van der Waals surface area contributed by atoms with E-state index >= 15 is 0 Å². The van der Waals surface area contributed by atoms with Gasteiger partial charge in [-0.05, 0) is 44.5 Å². The van der Waals surface area contributed by atoms with E-state index in [1.807, 2.05) is 37.3 Å². The Hall–Kier alpha value is -2.99. The van der Waals surface area contributed by atoms with Crippen LogP contribution in [0.2, 0.25) is 0 Å². The van der Waals surface area contributed by atoms with Gasteiger partial charge in [0.25, 0.3) is 5.89 Å². The number of hydrogen-bond acceptors (Lipinski definition) is 6. The van der Waals surface area contributed by atoms with Crippen molar-refractivity contribution in [1.82, 2.24) is 20.1 Å². The Morgan fingerprint density at radius 3 is 2.50 bits per heavy atom. The zero-order valence-corrected chi connectivity index (χ0v) is 15.5. The first-order valence-corrected chi connectivity index (χ1v) is 8.01. The average Bonchev–Trinajstić information content (AvgIpc) is 3.03. The van der Waals surface area contributed by atoms with Crippen LogP contribution in [0.1, 0.15) is 17.1 Å². The molecule has 3 heterocycles. The second kappa shape index (κ2) is 7.09. The standard InChI is InChI=1S/C19H17N5O.ClH/c1-11-6-4-5-7-16(11)23-17-14-9-8-12(2)21-18(14)20-10-15(17)19-22-13(3)24-25-19;/h4-10H,1-3H3,(H,20,21,23);1H. The molecule has 0 unspecified atom stereocenters. The van der Waals surface area contributed by atoms with Crippen molar-refractivity contribution in [3.63, 3.8) is 0 Å². The van der Waals surface area contributed by atoms with Gasteiger partial charge in [0.05, 0.1) is 11.3 Å². The van der Waals surface area contributed by atoms with Gasteiger partial charge in [0, 0.05) is 23.0 Å². The van der Waals surface area contributed by atoms with Gasteiger partial charge >= 0.3 is 0 Å². The molecular formula is C19H18ClN5O. The number of anilines is 2. The number of aromatic nitrogens is 4. The van der Waals surface area contributed by atoms with Crippen LogP contribution < -0.4 is 5.32 Å². The van der Waals surface area contributed by atoms with Gasteiger partial charge in [-0.2, -0.15) is 4.98 Å². The number of nitrogens with one attached hydrogen (secondary N) is 1. The third-order valence-electron chi connectivity index (χ3n) is 4.03. The molecule has 6 nitrogen and oxygen atoms in total. The summed E-state index contributed by atoms with van der Waals surface area (Å²) in [6.45, 7) is 5.80. The Balaban J connectivity index is 0.00000196. The number of benzene rings is 1. The normalized spacial score (nSPS) is 10.6. The highest BCUT2D eigenvalue weighted by atomic mass is 35.5. The first-order valence-electron chi connectivity index (χ1n) is 8.01. The molecule has 0 aliphatic rings. The molecule has 26 heavy (non-hydrogen) atoms. The zero-order valence-electron chi connectivity index (χ0n) is 14.6. The van der Waals surface area contributed by atoms with Crippen LogP contribution in [0.15, 0.2) is 47.1 Å². The Kier molecular flexibility index (Phi) is 4.86. The van der Waals surface area contributed by atoms with Gasteiger partial charge in [-0.1, -0.05) is 23.4 Å². The van der Waals surface area contributed by atoms with E-state index in [4.69, 9.17) is 4.52 Å². The third kappa shape index (κ3) is 3.23. The van der Waals surface area contributed by atoms with Crippen LogP contribution in [0.5, 0.6) is 0 Å². The largest absolute Gasteiger partial charge is 0.354 e. The van der Waals surface area contributed by atoms with E-state index in [2.05, 4.69) is 38.4 Å². The highest BCUT2D eigenvalue weighted by Crippen LogP contribution is 2.35. The van der Waals surface area contributed by atoms with Gasteiger partial charge in [0.1, 0.15) is 0 Å². The molecule has 4 rings (SSSR count). The Morgan fingerprint density at radius 1 is 0.962 bits per heavy atom. The summed E-state index contributed by atoms with van der Waals surface area (Å²) >= 11 is 0. The van der Waals surface area contributed by atoms with Gasteiger partial charge in [-0.3, -0.25) is 0 Å². The third-order valence-corrected chi connectivity index (χ3v) is 4.03. The minimum atomic E-state index is 0. The minimum absolute atomic E-state index is 0. The zero-order chi connectivity index (χ0) is 17.4. The fourth-order valence-corrected chi connectivity index (χ4v) is 2.72. The predicted molar refractivity (Wildman–Crippen MR) is 104 cm³/mol. The summed E-state index contributed by atoms with van der Waals surface area (Å²) in [6.07, 6.45) is 1.72. The summed E-state index contributed by atoms with van der Waals surface area (Å²) in [6, 6.07) is 12.1. The predicted octanol–water partition coefficient (Wildman–Crippen LogP) is 4.77. The van der Waals surface area contributed by atoms with Crippen molar-refractivity contribution in [2.24, 2.45) is 0 Å². The van der Waals surface area contributed by atoms with E-state index in [0.717, 1.165) is 33.6 Å². The number of nitrogens with zero attached hydrogens (tertiary/aromatic N) is 4. The number of para-hydroxylation sites is 1. The topological polar surface area (TPSA) is 76.7 Å². The summed E-state index contributed by atoms with van der Waals surface area (Å²) in [4.78, 5) is 13.3. The van der Waals surface area contributed by atoms with E-state index in [-0.39, 0.29) is 12.4 Å². The number of fused-ring (bicyclic) bond motifs is 1. The highest BCUT2D eigenvalue weighted by Gasteiger charge is 2.17. The van der Waals surface area contributed by atoms with Gasteiger partial charge in [-0.15, -0.1) is 12.4 Å². The summed E-state index contributed by atoms with van der Waals surface area (Å²) in [5.41, 5.74) is 5.35. The summed E-state index contributed by atoms with van der Waals surface area (Å²) in [5, 5.41) is 8.30. The monoisotopic (exact) mass is 367 g/mol. The molecule has 7 heteroatoms. The average molecular weight is 368 g/mol. The van der Waals surface area contributed by atoms with Crippen molar-refractivity contribution in [3.05, 3.63) is 59.7 Å². The van der Waals surface area contributed by atoms with E-state index in [1.165, 1.54) is 0 Å². The Bertz CT molecular complexity index is 1080. The van der Waals surface area contributed by atoms with Crippen molar-refractivity contribution < 1.29 is 4.52 Å². The molecular weight excluding hydrogens is 350 g/mol. The van der Waals surface area contributed by atoms with Crippen LogP contribution in [-0.2, 0) is 0 Å².